The minimum Gasteiger partial charge on any atom is -0.463 e. The highest BCUT2D eigenvalue weighted by atomic mass is 35.5. The van der Waals surface area contributed by atoms with Crippen molar-refractivity contribution in [2.45, 2.75) is 39.3 Å². The van der Waals surface area contributed by atoms with Gasteiger partial charge >= 0.3 is 11.7 Å². The fourth-order valence-electron chi connectivity index (χ4n) is 3.36. The molecule has 0 atom stereocenters. The summed E-state index contributed by atoms with van der Waals surface area (Å²) in [6, 6.07) is 8.53. The Morgan fingerprint density at radius 1 is 1.21 bits per heavy atom. The summed E-state index contributed by atoms with van der Waals surface area (Å²) in [6.45, 7) is 6.28. The smallest absolute Gasteiger partial charge is 0.328 e. The van der Waals surface area contributed by atoms with E-state index in [9.17, 15) is 4.79 Å². The Hall–Kier alpha value is -2.58. The second-order valence-corrected chi connectivity index (χ2v) is 7.26. The molecular weight excluding hydrogens is 392 g/mol. The SMILES string of the molecule is CCCCOc1nc(N)c2[nH]c(=O)n(Cc3cccc(CN4CCC4)c3)c2n1.Cl. The van der Waals surface area contributed by atoms with E-state index in [1.807, 2.05) is 12.1 Å². The molecule has 1 aliphatic heterocycles. The van der Waals surface area contributed by atoms with Crippen molar-refractivity contribution < 1.29 is 4.74 Å². The van der Waals surface area contributed by atoms with Gasteiger partial charge in [-0.05, 0) is 37.1 Å². The molecule has 0 radical (unpaired) electrons. The molecule has 156 valence electrons. The Balaban J connectivity index is 0.00000240. The summed E-state index contributed by atoms with van der Waals surface area (Å²) in [5.74, 6) is 0.221. The van der Waals surface area contributed by atoms with Crippen molar-refractivity contribution in [3.8, 4) is 6.01 Å². The Morgan fingerprint density at radius 3 is 2.66 bits per heavy atom. The van der Waals surface area contributed by atoms with E-state index in [0.29, 0.717) is 24.3 Å². The molecule has 8 nitrogen and oxygen atoms in total. The molecule has 0 saturated carbocycles. The van der Waals surface area contributed by atoms with Gasteiger partial charge in [-0.2, -0.15) is 9.97 Å². The maximum Gasteiger partial charge on any atom is 0.328 e. The first-order chi connectivity index (χ1) is 13.6. The van der Waals surface area contributed by atoms with Gasteiger partial charge in [0.05, 0.1) is 13.2 Å². The number of aromatic amines is 1. The Morgan fingerprint density at radius 2 is 1.97 bits per heavy atom. The Labute approximate surface area is 175 Å². The molecule has 9 heteroatoms. The van der Waals surface area contributed by atoms with Crippen molar-refractivity contribution in [2.75, 3.05) is 25.4 Å². The molecule has 0 aliphatic carbocycles. The molecule has 4 rings (SSSR count). The van der Waals surface area contributed by atoms with Crippen LogP contribution >= 0.6 is 12.4 Å². The lowest BCUT2D eigenvalue weighted by Gasteiger charge is -2.30. The van der Waals surface area contributed by atoms with Gasteiger partial charge in [0.1, 0.15) is 5.52 Å². The van der Waals surface area contributed by atoms with Crippen LogP contribution in [0.1, 0.15) is 37.3 Å². The lowest BCUT2D eigenvalue weighted by Crippen LogP contribution is -2.36. The van der Waals surface area contributed by atoms with Crippen LogP contribution in [0.2, 0.25) is 0 Å². The van der Waals surface area contributed by atoms with Crippen LogP contribution in [-0.4, -0.2) is 44.1 Å². The second-order valence-electron chi connectivity index (χ2n) is 7.26. The molecule has 1 saturated heterocycles. The number of nitrogens with one attached hydrogen (secondary N) is 1. The average molecular weight is 419 g/mol. The number of fused-ring (bicyclic) bond motifs is 1. The van der Waals surface area contributed by atoms with Crippen molar-refractivity contribution in [3.05, 3.63) is 45.9 Å². The lowest BCUT2D eigenvalue weighted by atomic mass is 10.1. The van der Waals surface area contributed by atoms with Crippen LogP contribution in [-0.2, 0) is 13.1 Å². The van der Waals surface area contributed by atoms with Crippen molar-refractivity contribution >= 4 is 29.4 Å². The van der Waals surface area contributed by atoms with E-state index in [1.54, 1.807) is 4.57 Å². The number of ether oxygens (including phenoxy) is 1. The van der Waals surface area contributed by atoms with Crippen LogP contribution in [0.4, 0.5) is 5.82 Å². The highest BCUT2D eigenvalue weighted by Gasteiger charge is 2.16. The maximum absolute atomic E-state index is 12.5. The van der Waals surface area contributed by atoms with E-state index in [1.165, 1.54) is 12.0 Å². The van der Waals surface area contributed by atoms with Gasteiger partial charge in [0.2, 0.25) is 0 Å². The Kier molecular flexibility index (Phi) is 6.76. The van der Waals surface area contributed by atoms with Crippen LogP contribution in [0, 0.1) is 0 Å². The zero-order valence-corrected chi connectivity index (χ0v) is 17.4. The van der Waals surface area contributed by atoms with E-state index < -0.39 is 0 Å². The monoisotopic (exact) mass is 418 g/mol. The van der Waals surface area contributed by atoms with Crippen LogP contribution in [0.5, 0.6) is 6.01 Å². The number of benzene rings is 1. The highest BCUT2D eigenvalue weighted by molar-refractivity contribution is 5.85. The van der Waals surface area contributed by atoms with Crippen molar-refractivity contribution in [3.63, 3.8) is 0 Å². The Bertz CT molecular complexity index is 1030. The highest BCUT2D eigenvalue weighted by Crippen LogP contribution is 2.19. The van der Waals surface area contributed by atoms with Gasteiger partial charge in [-0.15, -0.1) is 12.4 Å². The van der Waals surface area contributed by atoms with Crippen molar-refractivity contribution in [1.82, 2.24) is 24.4 Å². The predicted molar refractivity (Wildman–Crippen MR) is 116 cm³/mol. The van der Waals surface area contributed by atoms with Crippen LogP contribution < -0.4 is 16.2 Å². The van der Waals surface area contributed by atoms with E-state index in [-0.39, 0.29) is 29.9 Å². The summed E-state index contributed by atoms with van der Waals surface area (Å²) in [5, 5.41) is 0. The minimum absolute atomic E-state index is 0. The lowest BCUT2D eigenvalue weighted by molar-refractivity contribution is 0.172. The molecule has 2 aromatic heterocycles. The molecule has 0 amide bonds. The van der Waals surface area contributed by atoms with E-state index in [0.717, 1.165) is 38.0 Å². The normalized spacial score (nSPS) is 13.8. The molecule has 3 heterocycles. The number of anilines is 1. The molecule has 1 aromatic carbocycles. The molecule has 0 unspecified atom stereocenters. The third-order valence-electron chi connectivity index (χ3n) is 5.05. The fraction of sp³-hybridized carbons (Fsp3) is 0.450. The minimum atomic E-state index is -0.255. The van der Waals surface area contributed by atoms with Gasteiger partial charge in [-0.3, -0.25) is 9.47 Å². The van der Waals surface area contributed by atoms with E-state index in [2.05, 4.69) is 38.9 Å². The van der Waals surface area contributed by atoms with E-state index in [4.69, 9.17) is 10.5 Å². The number of aromatic nitrogens is 4. The number of unbranched alkanes of at least 4 members (excludes halogenated alkanes) is 1. The van der Waals surface area contributed by atoms with E-state index >= 15 is 0 Å². The van der Waals surface area contributed by atoms with Gasteiger partial charge in [0.25, 0.3) is 0 Å². The summed E-state index contributed by atoms with van der Waals surface area (Å²) in [5.41, 5.74) is 8.98. The molecule has 1 fully saturated rings. The first-order valence-electron chi connectivity index (χ1n) is 9.83. The standard InChI is InChI=1S/C20H26N6O2.ClH/c1-2-3-10-28-19-23-17(21)16-18(24-19)26(20(27)22-16)13-15-7-4-6-14(11-15)12-25-8-5-9-25;/h4,6-7,11H,2-3,5,8-10,12-13H2,1H3,(H,22,27)(H2,21,23,24);1H. The molecule has 3 aromatic rings. The van der Waals surface area contributed by atoms with Crippen LogP contribution in [0.3, 0.4) is 0 Å². The summed E-state index contributed by atoms with van der Waals surface area (Å²) in [4.78, 5) is 26.3. The summed E-state index contributed by atoms with van der Waals surface area (Å²) < 4.78 is 7.18. The largest absolute Gasteiger partial charge is 0.463 e. The number of halogens is 1. The fourth-order valence-corrected chi connectivity index (χ4v) is 3.36. The second kappa shape index (κ2) is 9.28. The van der Waals surface area contributed by atoms with Gasteiger partial charge in [0, 0.05) is 6.54 Å². The van der Waals surface area contributed by atoms with Gasteiger partial charge < -0.3 is 15.5 Å². The number of nitrogen functional groups attached to an aromatic ring is 1. The molecule has 3 N–H and O–H groups in total. The van der Waals surface area contributed by atoms with Crippen molar-refractivity contribution in [2.24, 2.45) is 0 Å². The number of hydrogen-bond donors (Lipinski definition) is 2. The summed E-state index contributed by atoms with van der Waals surface area (Å²) >= 11 is 0. The number of nitrogens with two attached hydrogens (primary N) is 1. The molecule has 0 spiro atoms. The van der Waals surface area contributed by atoms with Crippen molar-refractivity contribution in [1.29, 1.82) is 0 Å². The number of nitrogens with zero attached hydrogens (tertiary/aromatic N) is 4. The van der Waals surface area contributed by atoms with Gasteiger partial charge in [0.15, 0.2) is 11.5 Å². The zero-order chi connectivity index (χ0) is 19.5. The first-order valence-corrected chi connectivity index (χ1v) is 9.83. The number of imidazole rings is 1. The maximum atomic E-state index is 12.5. The third-order valence-corrected chi connectivity index (χ3v) is 5.05. The summed E-state index contributed by atoms with van der Waals surface area (Å²) in [6.07, 6.45) is 3.19. The van der Waals surface area contributed by atoms with Crippen LogP contribution in [0.25, 0.3) is 11.2 Å². The third kappa shape index (κ3) is 4.71. The molecular formula is C20H27ClN6O2. The van der Waals surface area contributed by atoms with Crippen LogP contribution in [0.15, 0.2) is 29.1 Å². The number of likely N-dealkylation sites (tertiary alicyclic amines) is 1. The molecule has 0 bridgehead atoms. The predicted octanol–water partition coefficient (Wildman–Crippen LogP) is 2.56. The van der Waals surface area contributed by atoms with Gasteiger partial charge in [-0.1, -0.05) is 37.6 Å². The molecule has 1 aliphatic rings. The zero-order valence-electron chi connectivity index (χ0n) is 16.6. The topological polar surface area (TPSA) is 102 Å². The average Bonchev–Trinajstić information content (AvgIpc) is 2.95. The molecule has 29 heavy (non-hydrogen) atoms. The quantitative estimate of drug-likeness (QED) is 0.545. The summed E-state index contributed by atoms with van der Waals surface area (Å²) in [7, 11) is 0. The van der Waals surface area contributed by atoms with Gasteiger partial charge in [-0.25, -0.2) is 4.79 Å². The first kappa shape index (κ1) is 21.1. The number of hydrogen-bond acceptors (Lipinski definition) is 6. The number of H-pyrrole nitrogens is 1. The number of rotatable bonds is 8.